The molecule has 1 aliphatic heterocycles. The summed E-state index contributed by atoms with van der Waals surface area (Å²) >= 11 is 0. The van der Waals surface area contributed by atoms with E-state index in [1.54, 1.807) is 0 Å². The van der Waals surface area contributed by atoms with Crippen LogP contribution in [0.4, 0.5) is 5.69 Å². The summed E-state index contributed by atoms with van der Waals surface area (Å²) in [4.78, 5) is 6.81. The molecule has 0 atom stereocenters. The Kier molecular flexibility index (Phi) is 3.56. The summed E-state index contributed by atoms with van der Waals surface area (Å²) in [5, 5.41) is 3.43. The SMILES string of the molecule is Cc1ncccc1N1CCCNCCC1. The smallest absolute Gasteiger partial charge is 0.0605 e. The van der Waals surface area contributed by atoms with Crippen molar-refractivity contribution in [1.29, 1.82) is 0 Å². The number of pyridine rings is 1. The van der Waals surface area contributed by atoms with Crippen molar-refractivity contribution in [3.63, 3.8) is 0 Å². The average Bonchev–Trinajstić information content (AvgIpc) is 2.19. The molecule has 3 heteroatoms. The number of hydrogen-bond donors (Lipinski definition) is 1. The summed E-state index contributed by atoms with van der Waals surface area (Å²) in [5.74, 6) is 0. The predicted octanol–water partition coefficient (Wildman–Crippen LogP) is 1.58. The molecule has 0 radical (unpaired) electrons. The first-order chi connectivity index (χ1) is 7.38. The Hall–Kier alpha value is -1.09. The fraction of sp³-hybridized carbons (Fsp3) is 0.583. The number of hydrogen-bond acceptors (Lipinski definition) is 3. The minimum absolute atomic E-state index is 1.13. The molecule has 1 N–H and O–H groups in total. The topological polar surface area (TPSA) is 28.2 Å². The Balaban J connectivity index is 2.10. The molecule has 0 bridgehead atoms. The van der Waals surface area contributed by atoms with Crippen LogP contribution in [0.2, 0.25) is 0 Å². The highest BCUT2D eigenvalue weighted by molar-refractivity contribution is 5.49. The van der Waals surface area contributed by atoms with Crippen LogP contribution in [-0.4, -0.2) is 31.2 Å². The summed E-state index contributed by atoms with van der Waals surface area (Å²) < 4.78 is 0. The molecular weight excluding hydrogens is 186 g/mol. The second-order valence-electron chi connectivity index (χ2n) is 4.05. The molecule has 0 aliphatic carbocycles. The molecule has 1 saturated heterocycles. The van der Waals surface area contributed by atoms with Crippen molar-refractivity contribution >= 4 is 5.69 Å². The van der Waals surface area contributed by atoms with E-state index in [0.717, 1.165) is 31.9 Å². The molecule has 0 unspecified atom stereocenters. The van der Waals surface area contributed by atoms with Crippen molar-refractivity contribution in [3.05, 3.63) is 24.0 Å². The van der Waals surface area contributed by atoms with Gasteiger partial charge >= 0.3 is 0 Å². The highest BCUT2D eigenvalue weighted by atomic mass is 15.1. The van der Waals surface area contributed by atoms with Gasteiger partial charge in [0, 0.05) is 19.3 Å². The standard InChI is InChI=1S/C12H19N3/c1-11-12(5-2-8-14-11)15-9-3-6-13-7-4-10-15/h2,5,8,13H,3-4,6-7,9-10H2,1H3. The molecule has 0 aromatic carbocycles. The average molecular weight is 205 g/mol. The Morgan fingerprint density at radius 1 is 1.27 bits per heavy atom. The molecule has 3 nitrogen and oxygen atoms in total. The van der Waals surface area contributed by atoms with E-state index in [9.17, 15) is 0 Å². The van der Waals surface area contributed by atoms with E-state index in [-0.39, 0.29) is 0 Å². The maximum atomic E-state index is 4.35. The summed E-state index contributed by atoms with van der Waals surface area (Å²) in [7, 11) is 0. The maximum Gasteiger partial charge on any atom is 0.0605 e. The van der Waals surface area contributed by atoms with E-state index in [2.05, 4.69) is 28.2 Å². The first-order valence-corrected chi connectivity index (χ1v) is 5.75. The molecule has 82 valence electrons. The number of anilines is 1. The second kappa shape index (κ2) is 5.12. The second-order valence-corrected chi connectivity index (χ2v) is 4.05. The molecule has 0 saturated carbocycles. The van der Waals surface area contributed by atoms with E-state index in [1.807, 2.05) is 12.3 Å². The summed E-state index contributed by atoms with van der Waals surface area (Å²) in [6.45, 7) is 6.64. The number of nitrogens with zero attached hydrogens (tertiary/aromatic N) is 2. The van der Waals surface area contributed by atoms with E-state index < -0.39 is 0 Å². The summed E-state index contributed by atoms with van der Waals surface area (Å²) in [6.07, 6.45) is 4.30. The molecular formula is C12H19N3. The van der Waals surface area contributed by atoms with E-state index in [1.165, 1.54) is 18.5 Å². The number of aromatic nitrogens is 1. The van der Waals surface area contributed by atoms with Crippen molar-refractivity contribution in [2.75, 3.05) is 31.1 Å². The first kappa shape index (κ1) is 10.4. The Labute approximate surface area is 91.5 Å². The van der Waals surface area contributed by atoms with Crippen LogP contribution in [0.5, 0.6) is 0 Å². The van der Waals surface area contributed by atoms with Crippen molar-refractivity contribution in [2.24, 2.45) is 0 Å². The Morgan fingerprint density at radius 2 is 2.00 bits per heavy atom. The van der Waals surface area contributed by atoms with Gasteiger partial charge in [0.1, 0.15) is 0 Å². The number of nitrogens with one attached hydrogen (secondary N) is 1. The fourth-order valence-electron chi connectivity index (χ4n) is 2.08. The van der Waals surface area contributed by atoms with Gasteiger partial charge in [-0.1, -0.05) is 0 Å². The third-order valence-corrected chi connectivity index (χ3v) is 2.88. The van der Waals surface area contributed by atoms with E-state index in [4.69, 9.17) is 0 Å². The van der Waals surface area contributed by atoms with Crippen molar-refractivity contribution in [3.8, 4) is 0 Å². The van der Waals surface area contributed by atoms with Crippen LogP contribution in [0.25, 0.3) is 0 Å². The molecule has 2 heterocycles. The predicted molar refractivity (Wildman–Crippen MR) is 63.3 cm³/mol. The quantitative estimate of drug-likeness (QED) is 0.754. The molecule has 1 aromatic heterocycles. The zero-order chi connectivity index (χ0) is 10.5. The third-order valence-electron chi connectivity index (χ3n) is 2.88. The maximum absolute atomic E-state index is 4.35. The van der Waals surface area contributed by atoms with Crippen LogP contribution in [0, 0.1) is 6.92 Å². The van der Waals surface area contributed by atoms with Crippen LogP contribution in [0.3, 0.4) is 0 Å². The van der Waals surface area contributed by atoms with Gasteiger partial charge in [-0.25, -0.2) is 0 Å². The van der Waals surface area contributed by atoms with E-state index >= 15 is 0 Å². The zero-order valence-corrected chi connectivity index (χ0v) is 9.37. The van der Waals surface area contributed by atoms with Gasteiger partial charge in [0.2, 0.25) is 0 Å². The van der Waals surface area contributed by atoms with Gasteiger partial charge in [0.15, 0.2) is 0 Å². The van der Waals surface area contributed by atoms with Gasteiger partial charge < -0.3 is 10.2 Å². The van der Waals surface area contributed by atoms with Gasteiger partial charge in [0.05, 0.1) is 11.4 Å². The summed E-state index contributed by atoms with van der Waals surface area (Å²) in [5.41, 5.74) is 2.45. The van der Waals surface area contributed by atoms with Crippen molar-refractivity contribution < 1.29 is 0 Å². The molecule has 1 fully saturated rings. The lowest BCUT2D eigenvalue weighted by Crippen LogP contribution is -2.34. The van der Waals surface area contributed by atoms with Crippen molar-refractivity contribution in [1.82, 2.24) is 10.3 Å². The monoisotopic (exact) mass is 205 g/mol. The van der Waals surface area contributed by atoms with Gasteiger partial charge in [-0.05, 0) is 45.0 Å². The zero-order valence-electron chi connectivity index (χ0n) is 9.37. The lowest BCUT2D eigenvalue weighted by atomic mass is 10.2. The normalized spacial score (nSPS) is 18.3. The minimum atomic E-state index is 1.13. The summed E-state index contributed by atoms with van der Waals surface area (Å²) in [6, 6.07) is 4.21. The van der Waals surface area contributed by atoms with Gasteiger partial charge in [-0.2, -0.15) is 0 Å². The highest BCUT2D eigenvalue weighted by Crippen LogP contribution is 2.18. The van der Waals surface area contributed by atoms with Crippen molar-refractivity contribution in [2.45, 2.75) is 19.8 Å². The number of rotatable bonds is 1. The molecule has 15 heavy (non-hydrogen) atoms. The Morgan fingerprint density at radius 3 is 2.67 bits per heavy atom. The van der Waals surface area contributed by atoms with Crippen LogP contribution in [-0.2, 0) is 0 Å². The highest BCUT2D eigenvalue weighted by Gasteiger charge is 2.10. The van der Waals surface area contributed by atoms with E-state index in [0.29, 0.717) is 0 Å². The van der Waals surface area contributed by atoms with Crippen LogP contribution < -0.4 is 10.2 Å². The molecule has 2 rings (SSSR count). The minimum Gasteiger partial charge on any atom is -0.370 e. The van der Waals surface area contributed by atoms with Gasteiger partial charge in [-0.3, -0.25) is 4.98 Å². The lowest BCUT2D eigenvalue weighted by Gasteiger charge is -2.28. The fourth-order valence-corrected chi connectivity index (χ4v) is 2.08. The van der Waals surface area contributed by atoms with Crippen LogP contribution >= 0.6 is 0 Å². The largest absolute Gasteiger partial charge is 0.370 e. The lowest BCUT2D eigenvalue weighted by molar-refractivity contribution is 0.566. The molecule has 1 aliphatic rings. The van der Waals surface area contributed by atoms with Gasteiger partial charge in [0.25, 0.3) is 0 Å². The first-order valence-electron chi connectivity index (χ1n) is 5.75. The Bertz CT molecular complexity index is 303. The van der Waals surface area contributed by atoms with Crippen LogP contribution in [0.15, 0.2) is 18.3 Å². The number of aryl methyl sites for hydroxylation is 1. The van der Waals surface area contributed by atoms with Crippen LogP contribution in [0.1, 0.15) is 18.5 Å². The molecule has 1 aromatic rings. The third kappa shape index (κ3) is 2.69. The molecule has 0 amide bonds. The molecule has 0 spiro atoms. The van der Waals surface area contributed by atoms with Gasteiger partial charge in [-0.15, -0.1) is 0 Å².